The first-order valence-electron chi connectivity index (χ1n) is 7.69. The first-order valence-corrected chi connectivity index (χ1v) is 8.48. The van der Waals surface area contributed by atoms with Crippen molar-refractivity contribution in [1.82, 2.24) is 9.78 Å². The van der Waals surface area contributed by atoms with Crippen molar-refractivity contribution in [1.29, 1.82) is 0 Å². The lowest BCUT2D eigenvalue weighted by molar-refractivity contribution is 0.102. The van der Waals surface area contributed by atoms with Crippen molar-refractivity contribution < 1.29 is 4.79 Å². The Hall–Kier alpha value is -2.40. The second kappa shape index (κ2) is 7.01. The third-order valence-corrected chi connectivity index (χ3v) is 4.86. The lowest BCUT2D eigenvalue weighted by Crippen LogP contribution is -2.17. The molecule has 0 aliphatic heterocycles. The van der Waals surface area contributed by atoms with Crippen LogP contribution in [-0.2, 0) is 6.54 Å². The molecule has 0 atom stereocenters. The van der Waals surface area contributed by atoms with Gasteiger partial charge in [0.1, 0.15) is 5.82 Å². The number of nitrogens with one attached hydrogen (secondary N) is 1. The Bertz CT molecular complexity index is 886. The van der Waals surface area contributed by atoms with E-state index in [1.54, 1.807) is 16.9 Å². The van der Waals surface area contributed by atoms with Crippen LogP contribution in [0.2, 0.25) is 0 Å². The monoisotopic (exact) mass is 383 g/mol. The number of hydrogen-bond acceptors (Lipinski definition) is 2. The molecule has 122 valence electrons. The summed E-state index contributed by atoms with van der Waals surface area (Å²) in [5.41, 5.74) is 3.88. The van der Waals surface area contributed by atoms with E-state index in [9.17, 15) is 4.79 Å². The molecule has 3 aromatic rings. The molecular formula is C19H18BrN3O. The summed E-state index contributed by atoms with van der Waals surface area (Å²) in [6.45, 7) is 4.54. The van der Waals surface area contributed by atoms with Gasteiger partial charge in [-0.2, -0.15) is 5.10 Å². The van der Waals surface area contributed by atoms with Gasteiger partial charge in [0.2, 0.25) is 0 Å². The van der Waals surface area contributed by atoms with Gasteiger partial charge in [-0.05, 0) is 42.7 Å². The first kappa shape index (κ1) is 16.5. The highest BCUT2D eigenvalue weighted by atomic mass is 79.9. The van der Waals surface area contributed by atoms with E-state index in [1.165, 1.54) is 0 Å². The van der Waals surface area contributed by atoms with Gasteiger partial charge >= 0.3 is 0 Å². The number of nitrogens with zero attached hydrogens (tertiary/aromatic N) is 2. The normalized spacial score (nSPS) is 10.6. The zero-order chi connectivity index (χ0) is 17.1. The summed E-state index contributed by atoms with van der Waals surface area (Å²) in [7, 11) is 0. The number of aromatic nitrogens is 2. The number of carbonyl (C=O) groups excluding carboxylic acids is 1. The maximum Gasteiger partial charge on any atom is 0.257 e. The summed E-state index contributed by atoms with van der Waals surface area (Å²) in [5.74, 6) is 0.557. The van der Waals surface area contributed by atoms with Crippen molar-refractivity contribution >= 4 is 27.7 Å². The Morgan fingerprint density at radius 2 is 1.92 bits per heavy atom. The quantitative estimate of drug-likeness (QED) is 0.717. The second-order valence-electron chi connectivity index (χ2n) is 5.67. The standard InChI is InChI=1S/C19H18BrN3O/c1-13-6-5-8-16(14(13)2)19(24)22-18-10-11-21-23(18)12-15-7-3-4-9-17(15)20/h3-11H,12H2,1-2H3,(H,22,24). The van der Waals surface area contributed by atoms with Gasteiger partial charge in [-0.1, -0.05) is 46.3 Å². The molecule has 0 spiro atoms. The van der Waals surface area contributed by atoms with Crippen LogP contribution < -0.4 is 5.32 Å². The topological polar surface area (TPSA) is 46.9 Å². The lowest BCUT2D eigenvalue weighted by Gasteiger charge is -2.12. The van der Waals surface area contributed by atoms with E-state index < -0.39 is 0 Å². The Labute approximate surface area is 149 Å². The fourth-order valence-corrected chi connectivity index (χ4v) is 2.94. The highest BCUT2D eigenvalue weighted by molar-refractivity contribution is 9.10. The van der Waals surface area contributed by atoms with Gasteiger partial charge in [-0.15, -0.1) is 0 Å². The van der Waals surface area contributed by atoms with E-state index in [-0.39, 0.29) is 5.91 Å². The number of hydrogen-bond donors (Lipinski definition) is 1. The van der Waals surface area contributed by atoms with Crippen molar-refractivity contribution in [3.63, 3.8) is 0 Å². The summed E-state index contributed by atoms with van der Waals surface area (Å²) in [4.78, 5) is 12.6. The minimum absolute atomic E-state index is 0.120. The zero-order valence-corrected chi connectivity index (χ0v) is 15.2. The molecule has 0 aliphatic carbocycles. The molecule has 3 rings (SSSR count). The van der Waals surface area contributed by atoms with Crippen LogP contribution in [0.15, 0.2) is 59.2 Å². The van der Waals surface area contributed by atoms with Crippen LogP contribution in [-0.4, -0.2) is 15.7 Å². The molecule has 0 bridgehead atoms. The van der Waals surface area contributed by atoms with E-state index in [2.05, 4.69) is 26.3 Å². The summed E-state index contributed by atoms with van der Waals surface area (Å²) in [6.07, 6.45) is 1.69. The summed E-state index contributed by atoms with van der Waals surface area (Å²) in [6, 6.07) is 15.5. The molecule has 2 aromatic carbocycles. The maximum atomic E-state index is 12.6. The largest absolute Gasteiger partial charge is 0.307 e. The molecule has 1 amide bonds. The third-order valence-electron chi connectivity index (χ3n) is 4.09. The average Bonchev–Trinajstić information content (AvgIpc) is 2.99. The molecule has 0 saturated carbocycles. The molecule has 1 N–H and O–H groups in total. The summed E-state index contributed by atoms with van der Waals surface area (Å²) >= 11 is 3.54. The predicted octanol–water partition coefficient (Wildman–Crippen LogP) is 4.56. The molecule has 0 aliphatic rings. The van der Waals surface area contributed by atoms with Crippen molar-refractivity contribution in [2.24, 2.45) is 0 Å². The number of anilines is 1. The van der Waals surface area contributed by atoms with E-state index in [0.717, 1.165) is 21.2 Å². The van der Waals surface area contributed by atoms with E-state index in [1.807, 2.05) is 56.3 Å². The molecule has 1 aromatic heterocycles. The Morgan fingerprint density at radius 1 is 1.12 bits per heavy atom. The van der Waals surface area contributed by atoms with Crippen molar-refractivity contribution in [3.05, 3.63) is 81.5 Å². The van der Waals surface area contributed by atoms with Crippen molar-refractivity contribution in [2.45, 2.75) is 20.4 Å². The number of halogens is 1. The van der Waals surface area contributed by atoms with E-state index in [0.29, 0.717) is 17.9 Å². The number of rotatable bonds is 4. The highest BCUT2D eigenvalue weighted by Gasteiger charge is 2.13. The van der Waals surface area contributed by atoms with E-state index >= 15 is 0 Å². The number of benzene rings is 2. The van der Waals surface area contributed by atoms with Crippen LogP contribution in [0.5, 0.6) is 0 Å². The molecule has 0 fully saturated rings. The predicted molar refractivity (Wildman–Crippen MR) is 99.3 cm³/mol. The fraction of sp³-hybridized carbons (Fsp3) is 0.158. The lowest BCUT2D eigenvalue weighted by atomic mass is 10.0. The van der Waals surface area contributed by atoms with Crippen LogP contribution in [0.25, 0.3) is 0 Å². The molecule has 4 nitrogen and oxygen atoms in total. The van der Waals surface area contributed by atoms with Crippen LogP contribution in [0.1, 0.15) is 27.0 Å². The summed E-state index contributed by atoms with van der Waals surface area (Å²) in [5, 5.41) is 7.28. The molecular weight excluding hydrogens is 366 g/mol. The zero-order valence-electron chi connectivity index (χ0n) is 13.6. The van der Waals surface area contributed by atoms with Crippen LogP contribution in [0, 0.1) is 13.8 Å². The molecule has 1 heterocycles. The number of carbonyl (C=O) groups is 1. The molecule has 0 unspecified atom stereocenters. The van der Waals surface area contributed by atoms with Gasteiger partial charge in [-0.25, -0.2) is 4.68 Å². The third kappa shape index (κ3) is 3.41. The first-order chi connectivity index (χ1) is 11.6. The van der Waals surface area contributed by atoms with Gasteiger partial charge in [0.25, 0.3) is 5.91 Å². The van der Waals surface area contributed by atoms with Gasteiger partial charge in [0.05, 0.1) is 12.7 Å². The minimum Gasteiger partial charge on any atom is -0.307 e. The number of aryl methyl sites for hydroxylation is 1. The summed E-state index contributed by atoms with van der Waals surface area (Å²) < 4.78 is 2.80. The van der Waals surface area contributed by atoms with Crippen LogP contribution in [0.3, 0.4) is 0 Å². The molecule has 0 radical (unpaired) electrons. The average molecular weight is 384 g/mol. The minimum atomic E-state index is -0.120. The van der Waals surface area contributed by atoms with Gasteiger partial charge in [-0.3, -0.25) is 4.79 Å². The van der Waals surface area contributed by atoms with Crippen LogP contribution in [0.4, 0.5) is 5.82 Å². The molecule has 5 heteroatoms. The van der Waals surface area contributed by atoms with Crippen molar-refractivity contribution in [2.75, 3.05) is 5.32 Å². The van der Waals surface area contributed by atoms with E-state index in [4.69, 9.17) is 0 Å². The Morgan fingerprint density at radius 3 is 2.71 bits per heavy atom. The highest BCUT2D eigenvalue weighted by Crippen LogP contribution is 2.20. The van der Waals surface area contributed by atoms with Crippen molar-refractivity contribution in [3.8, 4) is 0 Å². The van der Waals surface area contributed by atoms with Crippen LogP contribution >= 0.6 is 15.9 Å². The van der Waals surface area contributed by atoms with Gasteiger partial charge in [0.15, 0.2) is 0 Å². The molecule has 24 heavy (non-hydrogen) atoms. The number of amides is 1. The fourth-order valence-electron chi connectivity index (χ4n) is 2.53. The SMILES string of the molecule is Cc1cccc(C(=O)Nc2ccnn2Cc2ccccc2Br)c1C. The maximum absolute atomic E-state index is 12.6. The Balaban J connectivity index is 1.82. The van der Waals surface area contributed by atoms with Gasteiger partial charge < -0.3 is 5.32 Å². The molecule has 0 saturated heterocycles. The Kier molecular flexibility index (Phi) is 4.81. The van der Waals surface area contributed by atoms with Gasteiger partial charge in [0, 0.05) is 16.1 Å². The smallest absolute Gasteiger partial charge is 0.257 e. The second-order valence-corrected chi connectivity index (χ2v) is 6.52.